The summed E-state index contributed by atoms with van der Waals surface area (Å²) in [6.45, 7) is 1.29. The molecule has 5 heteroatoms. The Labute approximate surface area is 124 Å². The van der Waals surface area contributed by atoms with Crippen molar-refractivity contribution in [3.8, 4) is 0 Å². The third-order valence-electron chi connectivity index (χ3n) is 3.76. The van der Waals surface area contributed by atoms with Crippen LogP contribution in [0.2, 0.25) is 0 Å². The molecule has 1 aromatic rings. The van der Waals surface area contributed by atoms with Crippen molar-refractivity contribution in [3.63, 3.8) is 0 Å². The van der Waals surface area contributed by atoms with Crippen molar-refractivity contribution in [2.75, 3.05) is 18.4 Å². The standard InChI is InChI=1S/C16H22N2O3/c19-15(20)8-2-1-5-9-17-16(21)13-10-12-6-3-4-7-14(12)18-11-13/h3-4,6-7,13,18H,1-2,5,8-11H2,(H,17,21)(H,19,20). The van der Waals surface area contributed by atoms with E-state index in [2.05, 4.69) is 10.6 Å². The molecule has 0 fully saturated rings. The Morgan fingerprint density at radius 1 is 1.24 bits per heavy atom. The van der Waals surface area contributed by atoms with Crippen molar-refractivity contribution >= 4 is 17.6 Å². The molecule has 5 nitrogen and oxygen atoms in total. The highest BCUT2D eigenvalue weighted by atomic mass is 16.4. The number of para-hydroxylation sites is 1. The van der Waals surface area contributed by atoms with Crippen molar-refractivity contribution < 1.29 is 14.7 Å². The van der Waals surface area contributed by atoms with Crippen molar-refractivity contribution in [3.05, 3.63) is 29.8 Å². The van der Waals surface area contributed by atoms with E-state index in [4.69, 9.17) is 5.11 Å². The van der Waals surface area contributed by atoms with Gasteiger partial charge in [-0.25, -0.2) is 0 Å². The number of fused-ring (bicyclic) bond motifs is 1. The van der Waals surface area contributed by atoms with E-state index in [9.17, 15) is 9.59 Å². The van der Waals surface area contributed by atoms with Crippen molar-refractivity contribution in [2.24, 2.45) is 5.92 Å². The van der Waals surface area contributed by atoms with E-state index >= 15 is 0 Å². The fourth-order valence-electron chi connectivity index (χ4n) is 2.56. The number of rotatable bonds is 7. The number of amides is 1. The third kappa shape index (κ3) is 4.77. The molecule has 0 aliphatic carbocycles. The highest BCUT2D eigenvalue weighted by Gasteiger charge is 2.23. The average Bonchev–Trinajstić information content (AvgIpc) is 2.49. The molecule has 114 valence electrons. The lowest BCUT2D eigenvalue weighted by Gasteiger charge is -2.25. The number of benzene rings is 1. The second-order valence-electron chi connectivity index (χ2n) is 5.43. The van der Waals surface area contributed by atoms with Gasteiger partial charge in [0.05, 0.1) is 5.92 Å². The summed E-state index contributed by atoms with van der Waals surface area (Å²) in [5.74, 6) is -0.708. The lowest BCUT2D eigenvalue weighted by atomic mass is 9.93. The van der Waals surface area contributed by atoms with Gasteiger partial charge in [-0.05, 0) is 30.9 Å². The van der Waals surface area contributed by atoms with E-state index in [1.807, 2.05) is 24.3 Å². The van der Waals surface area contributed by atoms with Crippen LogP contribution in [0.5, 0.6) is 0 Å². The fourth-order valence-corrected chi connectivity index (χ4v) is 2.56. The summed E-state index contributed by atoms with van der Waals surface area (Å²) in [5.41, 5.74) is 2.31. The molecule has 1 aliphatic heterocycles. The zero-order valence-corrected chi connectivity index (χ0v) is 12.1. The SMILES string of the molecule is O=C(O)CCCCCNC(=O)C1CNc2ccccc2C1. The Bertz CT molecular complexity index is 502. The summed E-state index contributed by atoms with van der Waals surface area (Å²) in [6, 6.07) is 8.06. The molecule has 2 rings (SSSR count). The maximum Gasteiger partial charge on any atom is 0.303 e. The molecule has 1 heterocycles. The van der Waals surface area contributed by atoms with Crippen LogP contribution in [0.1, 0.15) is 31.2 Å². The van der Waals surface area contributed by atoms with Gasteiger partial charge < -0.3 is 15.7 Å². The first-order chi connectivity index (χ1) is 10.2. The van der Waals surface area contributed by atoms with Crippen LogP contribution in [-0.2, 0) is 16.0 Å². The number of anilines is 1. The third-order valence-corrected chi connectivity index (χ3v) is 3.76. The quantitative estimate of drug-likeness (QED) is 0.671. The van der Waals surface area contributed by atoms with Gasteiger partial charge in [0.1, 0.15) is 0 Å². The van der Waals surface area contributed by atoms with Crippen LogP contribution in [0.15, 0.2) is 24.3 Å². The molecule has 21 heavy (non-hydrogen) atoms. The number of unbranched alkanes of at least 4 members (excludes halogenated alkanes) is 2. The summed E-state index contributed by atoms with van der Waals surface area (Å²) >= 11 is 0. The van der Waals surface area contributed by atoms with E-state index in [1.54, 1.807) is 0 Å². The maximum absolute atomic E-state index is 12.1. The van der Waals surface area contributed by atoms with Crippen LogP contribution in [-0.4, -0.2) is 30.1 Å². The van der Waals surface area contributed by atoms with Crippen LogP contribution in [0, 0.1) is 5.92 Å². The smallest absolute Gasteiger partial charge is 0.303 e. The molecule has 1 atom stereocenters. The van der Waals surface area contributed by atoms with Crippen molar-refractivity contribution in [2.45, 2.75) is 32.1 Å². The summed E-state index contributed by atoms with van der Waals surface area (Å²) < 4.78 is 0. The van der Waals surface area contributed by atoms with E-state index in [-0.39, 0.29) is 18.2 Å². The molecule has 3 N–H and O–H groups in total. The number of carbonyl (C=O) groups excluding carboxylic acids is 1. The van der Waals surface area contributed by atoms with Crippen LogP contribution in [0.4, 0.5) is 5.69 Å². The number of aliphatic carboxylic acids is 1. The first-order valence-corrected chi connectivity index (χ1v) is 7.48. The molecule has 1 amide bonds. The van der Waals surface area contributed by atoms with E-state index < -0.39 is 5.97 Å². The van der Waals surface area contributed by atoms with Gasteiger partial charge in [0, 0.05) is 25.2 Å². The number of nitrogens with one attached hydrogen (secondary N) is 2. The molecule has 0 saturated carbocycles. The van der Waals surface area contributed by atoms with Crippen molar-refractivity contribution in [1.82, 2.24) is 5.32 Å². The lowest BCUT2D eigenvalue weighted by Crippen LogP contribution is -2.38. The zero-order chi connectivity index (χ0) is 15.1. The monoisotopic (exact) mass is 290 g/mol. The van der Waals surface area contributed by atoms with Crippen LogP contribution in [0.25, 0.3) is 0 Å². The minimum Gasteiger partial charge on any atom is -0.481 e. The summed E-state index contributed by atoms with van der Waals surface area (Å²) in [7, 11) is 0. The Kier molecular flexibility index (Phi) is 5.60. The zero-order valence-electron chi connectivity index (χ0n) is 12.1. The lowest BCUT2D eigenvalue weighted by molar-refractivity contribution is -0.137. The minimum atomic E-state index is -0.758. The maximum atomic E-state index is 12.1. The normalized spacial score (nSPS) is 16.7. The predicted octanol–water partition coefficient (Wildman–Crippen LogP) is 2.03. The molecule has 0 saturated heterocycles. The van der Waals surface area contributed by atoms with E-state index in [0.717, 1.165) is 24.9 Å². The first-order valence-electron chi connectivity index (χ1n) is 7.48. The Morgan fingerprint density at radius 2 is 2.05 bits per heavy atom. The van der Waals surface area contributed by atoms with Gasteiger partial charge in [0.25, 0.3) is 0 Å². The number of carboxylic acid groups (broad SMARTS) is 1. The largest absolute Gasteiger partial charge is 0.481 e. The van der Waals surface area contributed by atoms with Crippen LogP contribution >= 0.6 is 0 Å². The van der Waals surface area contributed by atoms with Gasteiger partial charge in [-0.1, -0.05) is 24.6 Å². The number of hydrogen-bond acceptors (Lipinski definition) is 3. The molecular formula is C16H22N2O3. The Balaban J connectivity index is 1.67. The fraction of sp³-hybridized carbons (Fsp3) is 0.500. The van der Waals surface area contributed by atoms with Gasteiger partial charge in [-0.15, -0.1) is 0 Å². The average molecular weight is 290 g/mol. The molecule has 0 bridgehead atoms. The predicted molar refractivity (Wildman–Crippen MR) is 81.2 cm³/mol. The topological polar surface area (TPSA) is 78.4 Å². The Morgan fingerprint density at radius 3 is 2.86 bits per heavy atom. The first kappa shape index (κ1) is 15.4. The minimum absolute atomic E-state index is 0.0288. The van der Waals surface area contributed by atoms with Gasteiger partial charge in [0.15, 0.2) is 0 Å². The second kappa shape index (κ2) is 7.67. The summed E-state index contributed by atoms with van der Waals surface area (Å²) in [4.78, 5) is 22.5. The highest BCUT2D eigenvalue weighted by Crippen LogP contribution is 2.24. The van der Waals surface area contributed by atoms with Crippen molar-refractivity contribution in [1.29, 1.82) is 0 Å². The molecular weight excluding hydrogens is 268 g/mol. The summed E-state index contributed by atoms with van der Waals surface area (Å²) in [5, 5.41) is 14.8. The Hall–Kier alpha value is -2.04. The van der Waals surface area contributed by atoms with E-state index in [1.165, 1.54) is 5.56 Å². The highest BCUT2D eigenvalue weighted by molar-refractivity contribution is 5.80. The molecule has 0 aromatic heterocycles. The number of hydrogen-bond donors (Lipinski definition) is 3. The molecule has 1 aliphatic rings. The van der Waals surface area contributed by atoms with Crippen LogP contribution < -0.4 is 10.6 Å². The number of carboxylic acids is 1. The van der Waals surface area contributed by atoms with Gasteiger partial charge in [-0.3, -0.25) is 9.59 Å². The van der Waals surface area contributed by atoms with Crippen LogP contribution in [0.3, 0.4) is 0 Å². The number of carbonyl (C=O) groups is 2. The van der Waals surface area contributed by atoms with E-state index in [0.29, 0.717) is 19.5 Å². The molecule has 0 spiro atoms. The van der Waals surface area contributed by atoms with Gasteiger partial charge >= 0.3 is 5.97 Å². The molecule has 0 radical (unpaired) electrons. The van der Waals surface area contributed by atoms with Gasteiger partial charge in [-0.2, -0.15) is 0 Å². The molecule has 1 unspecified atom stereocenters. The van der Waals surface area contributed by atoms with Gasteiger partial charge in [0.2, 0.25) is 5.91 Å². The summed E-state index contributed by atoms with van der Waals surface area (Å²) in [6.07, 6.45) is 3.31. The second-order valence-corrected chi connectivity index (χ2v) is 5.43. The molecule has 1 aromatic carbocycles.